The minimum atomic E-state index is -0.856. The maximum Gasteiger partial charge on any atom is 0.0491 e. The van der Waals surface area contributed by atoms with Crippen molar-refractivity contribution in [2.45, 2.75) is 37.8 Å². The SMILES string of the molecule is CC(C)(C)[S@@](=O)Cc1cccc(NCc2ccsc2)c1. The van der Waals surface area contributed by atoms with E-state index >= 15 is 0 Å². The summed E-state index contributed by atoms with van der Waals surface area (Å²) in [6, 6.07) is 10.3. The summed E-state index contributed by atoms with van der Waals surface area (Å²) in [5.74, 6) is 0.609. The molecule has 1 aromatic heterocycles. The van der Waals surface area contributed by atoms with Crippen LogP contribution >= 0.6 is 11.3 Å². The van der Waals surface area contributed by atoms with Gasteiger partial charge in [-0.05, 0) is 60.9 Å². The summed E-state index contributed by atoms with van der Waals surface area (Å²) >= 11 is 1.71. The van der Waals surface area contributed by atoms with Gasteiger partial charge in [0.2, 0.25) is 0 Å². The molecule has 4 heteroatoms. The van der Waals surface area contributed by atoms with Crippen LogP contribution in [0.15, 0.2) is 41.1 Å². The van der Waals surface area contributed by atoms with Crippen molar-refractivity contribution in [2.24, 2.45) is 0 Å². The van der Waals surface area contributed by atoms with E-state index in [9.17, 15) is 4.21 Å². The number of rotatable bonds is 5. The van der Waals surface area contributed by atoms with Gasteiger partial charge in [-0.15, -0.1) is 0 Å². The third-order valence-electron chi connectivity index (χ3n) is 2.98. The predicted molar refractivity (Wildman–Crippen MR) is 89.7 cm³/mol. The Kier molecular flexibility index (Phi) is 5.00. The van der Waals surface area contributed by atoms with Crippen molar-refractivity contribution in [3.63, 3.8) is 0 Å². The van der Waals surface area contributed by atoms with Gasteiger partial charge in [0.15, 0.2) is 0 Å². The quantitative estimate of drug-likeness (QED) is 0.886. The van der Waals surface area contributed by atoms with E-state index in [-0.39, 0.29) is 4.75 Å². The maximum atomic E-state index is 12.2. The van der Waals surface area contributed by atoms with Gasteiger partial charge in [-0.1, -0.05) is 12.1 Å². The van der Waals surface area contributed by atoms with Gasteiger partial charge in [-0.25, -0.2) is 0 Å². The summed E-state index contributed by atoms with van der Waals surface area (Å²) in [6.45, 7) is 6.88. The van der Waals surface area contributed by atoms with Crippen LogP contribution in [0.1, 0.15) is 31.9 Å². The van der Waals surface area contributed by atoms with E-state index in [0.717, 1.165) is 17.8 Å². The van der Waals surface area contributed by atoms with Crippen molar-refractivity contribution in [1.82, 2.24) is 0 Å². The van der Waals surface area contributed by atoms with E-state index in [1.165, 1.54) is 5.56 Å². The molecule has 0 aliphatic heterocycles. The molecule has 0 bridgehead atoms. The third-order valence-corrected chi connectivity index (χ3v) is 5.68. The van der Waals surface area contributed by atoms with E-state index in [2.05, 4.69) is 34.3 Å². The van der Waals surface area contributed by atoms with Gasteiger partial charge >= 0.3 is 0 Å². The lowest BCUT2D eigenvalue weighted by atomic mass is 10.2. The average molecular weight is 307 g/mol. The predicted octanol–water partition coefficient (Wildman–Crippen LogP) is 4.41. The Balaban J connectivity index is 1.99. The standard InChI is InChI=1S/C16H21NOS2/c1-16(2,3)20(18)12-13-5-4-6-15(9-13)17-10-14-7-8-19-11-14/h4-9,11,17H,10,12H2,1-3H3/t20-/m0/s1. The van der Waals surface area contributed by atoms with Crippen molar-refractivity contribution in [3.8, 4) is 0 Å². The molecular formula is C16H21NOS2. The normalized spacial score (nSPS) is 13.2. The molecule has 0 unspecified atom stereocenters. The molecule has 0 fully saturated rings. The van der Waals surface area contributed by atoms with E-state index in [1.54, 1.807) is 11.3 Å². The van der Waals surface area contributed by atoms with Crippen molar-refractivity contribution in [3.05, 3.63) is 52.2 Å². The van der Waals surface area contributed by atoms with Crippen LogP contribution in [0.4, 0.5) is 5.69 Å². The highest BCUT2D eigenvalue weighted by atomic mass is 32.2. The molecule has 0 aliphatic rings. The second-order valence-electron chi connectivity index (χ2n) is 5.79. The van der Waals surface area contributed by atoms with Crippen LogP contribution in [-0.4, -0.2) is 8.96 Å². The first-order chi connectivity index (χ1) is 9.45. The highest BCUT2D eigenvalue weighted by molar-refractivity contribution is 7.85. The van der Waals surface area contributed by atoms with Crippen LogP contribution in [0.25, 0.3) is 0 Å². The number of thiophene rings is 1. The lowest BCUT2D eigenvalue weighted by molar-refractivity contribution is 0.648. The lowest BCUT2D eigenvalue weighted by Gasteiger charge is -2.18. The Morgan fingerprint density at radius 1 is 1.20 bits per heavy atom. The fraction of sp³-hybridized carbons (Fsp3) is 0.375. The average Bonchev–Trinajstić information content (AvgIpc) is 2.89. The first-order valence-electron chi connectivity index (χ1n) is 6.67. The first-order valence-corrected chi connectivity index (χ1v) is 8.94. The van der Waals surface area contributed by atoms with Crippen LogP contribution in [0.2, 0.25) is 0 Å². The van der Waals surface area contributed by atoms with Crippen molar-refractivity contribution in [1.29, 1.82) is 0 Å². The summed E-state index contributed by atoms with van der Waals surface area (Å²) in [6.07, 6.45) is 0. The highest BCUT2D eigenvalue weighted by Crippen LogP contribution is 2.19. The number of nitrogens with one attached hydrogen (secondary N) is 1. The number of benzene rings is 1. The molecule has 0 saturated heterocycles. The molecule has 0 saturated carbocycles. The zero-order chi connectivity index (χ0) is 14.6. The fourth-order valence-electron chi connectivity index (χ4n) is 1.74. The van der Waals surface area contributed by atoms with Crippen LogP contribution in [0.5, 0.6) is 0 Å². The van der Waals surface area contributed by atoms with Crippen LogP contribution in [0.3, 0.4) is 0 Å². The molecule has 1 N–H and O–H groups in total. The molecule has 0 amide bonds. The highest BCUT2D eigenvalue weighted by Gasteiger charge is 2.19. The molecule has 0 radical (unpaired) electrons. The van der Waals surface area contributed by atoms with Gasteiger partial charge < -0.3 is 5.32 Å². The van der Waals surface area contributed by atoms with Gasteiger partial charge in [-0.2, -0.15) is 11.3 Å². The lowest BCUT2D eigenvalue weighted by Crippen LogP contribution is -2.22. The molecule has 0 aliphatic carbocycles. The third kappa shape index (κ3) is 4.46. The molecule has 1 heterocycles. The summed E-state index contributed by atoms with van der Waals surface area (Å²) in [4.78, 5) is 0. The van der Waals surface area contributed by atoms with Gasteiger partial charge in [-0.3, -0.25) is 4.21 Å². The molecular weight excluding hydrogens is 286 g/mol. The topological polar surface area (TPSA) is 29.1 Å². The van der Waals surface area contributed by atoms with Crippen molar-refractivity contribution in [2.75, 3.05) is 5.32 Å². The molecule has 2 rings (SSSR count). The fourth-order valence-corrected chi connectivity index (χ4v) is 3.32. The number of anilines is 1. The smallest absolute Gasteiger partial charge is 0.0491 e. The molecule has 20 heavy (non-hydrogen) atoms. The molecule has 2 nitrogen and oxygen atoms in total. The molecule has 1 atom stereocenters. The maximum absolute atomic E-state index is 12.2. The Labute approximate surface area is 127 Å². The minimum absolute atomic E-state index is 0.167. The van der Waals surface area contributed by atoms with E-state index in [1.807, 2.05) is 32.9 Å². The van der Waals surface area contributed by atoms with Crippen molar-refractivity contribution >= 4 is 27.8 Å². The Morgan fingerprint density at radius 3 is 2.65 bits per heavy atom. The van der Waals surface area contributed by atoms with E-state index in [4.69, 9.17) is 0 Å². The van der Waals surface area contributed by atoms with Crippen LogP contribution in [-0.2, 0) is 23.1 Å². The second-order valence-corrected chi connectivity index (χ2v) is 8.77. The second kappa shape index (κ2) is 6.55. The number of hydrogen-bond acceptors (Lipinski definition) is 3. The monoisotopic (exact) mass is 307 g/mol. The molecule has 2 aromatic rings. The summed E-state index contributed by atoms with van der Waals surface area (Å²) in [5.41, 5.74) is 3.49. The zero-order valence-corrected chi connectivity index (χ0v) is 13.8. The van der Waals surface area contributed by atoms with E-state index in [0.29, 0.717) is 5.75 Å². The van der Waals surface area contributed by atoms with Gasteiger partial charge in [0.1, 0.15) is 0 Å². The Hall–Kier alpha value is -1.13. The summed E-state index contributed by atoms with van der Waals surface area (Å²) < 4.78 is 12.0. The largest absolute Gasteiger partial charge is 0.381 e. The summed E-state index contributed by atoms with van der Waals surface area (Å²) in [7, 11) is -0.856. The van der Waals surface area contributed by atoms with E-state index < -0.39 is 10.8 Å². The van der Waals surface area contributed by atoms with Gasteiger partial charge in [0.05, 0.1) is 0 Å². The Morgan fingerprint density at radius 2 is 2.00 bits per heavy atom. The molecule has 108 valence electrons. The van der Waals surface area contributed by atoms with Crippen LogP contribution < -0.4 is 5.32 Å². The molecule has 1 aromatic carbocycles. The van der Waals surface area contributed by atoms with Crippen molar-refractivity contribution < 1.29 is 4.21 Å². The first kappa shape index (κ1) is 15.3. The van der Waals surface area contributed by atoms with Gasteiger partial charge in [0, 0.05) is 33.5 Å². The number of hydrogen-bond donors (Lipinski definition) is 1. The summed E-state index contributed by atoms with van der Waals surface area (Å²) in [5, 5.41) is 7.63. The van der Waals surface area contributed by atoms with Gasteiger partial charge in [0.25, 0.3) is 0 Å². The zero-order valence-electron chi connectivity index (χ0n) is 12.2. The Bertz CT molecular complexity index is 570. The van der Waals surface area contributed by atoms with Crippen LogP contribution in [0, 0.1) is 0 Å². The molecule has 0 spiro atoms. The minimum Gasteiger partial charge on any atom is -0.381 e.